The minimum Gasteiger partial charge on any atom is -0.455 e. The van der Waals surface area contributed by atoms with Crippen molar-refractivity contribution in [3.05, 3.63) is 137 Å². The number of carbonyl (C=O) groups is 1. The van der Waals surface area contributed by atoms with Gasteiger partial charge in [-0.05, 0) is 62.4 Å². The maximum absolute atomic E-state index is 14.6. The molecule has 0 radical (unpaired) electrons. The number of hydrogen-bond acceptors (Lipinski definition) is 6. The molecular formula is C39H47NO6S. The number of ether oxygens (including phenoxy) is 2. The highest BCUT2D eigenvalue weighted by Gasteiger charge is 2.39. The molecular weight excluding hydrogens is 610 g/mol. The van der Waals surface area contributed by atoms with Crippen molar-refractivity contribution < 1.29 is 27.8 Å². The van der Waals surface area contributed by atoms with Gasteiger partial charge in [0.2, 0.25) is 10.0 Å². The van der Waals surface area contributed by atoms with Gasteiger partial charge in [0.15, 0.2) is 0 Å². The molecule has 7 nitrogen and oxygen atoms in total. The molecule has 4 aromatic rings. The van der Waals surface area contributed by atoms with Crippen LogP contribution in [-0.2, 0) is 37.4 Å². The third-order valence-electron chi connectivity index (χ3n) is 8.58. The van der Waals surface area contributed by atoms with E-state index >= 15 is 0 Å². The highest BCUT2D eigenvalue weighted by Crippen LogP contribution is 2.34. The molecule has 5 atom stereocenters. The molecule has 4 aromatic carbocycles. The smallest absolute Gasteiger partial charge is 0.311 e. The molecule has 0 aliphatic heterocycles. The molecule has 0 aliphatic rings. The highest BCUT2D eigenvalue weighted by atomic mass is 32.2. The Kier molecular flexibility index (Phi) is 12.5. The number of nitrogens with zero attached hydrogens (tertiary/aromatic N) is 1. The predicted octanol–water partition coefficient (Wildman–Crippen LogP) is 7.33. The number of aliphatic hydroxyl groups excluding tert-OH is 1. The molecule has 250 valence electrons. The van der Waals surface area contributed by atoms with Crippen molar-refractivity contribution in [2.75, 3.05) is 6.61 Å². The summed E-state index contributed by atoms with van der Waals surface area (Å²) in [4.78, 5) is 14.0. The van der Waals surface area contributed by atoms with Crippen LogP contribution in [-0.4, -0.2) is 42.6 Å². The second-order valence-corrected chi connectivity index (χ2v) is 14.4. The van der Waals surface area contributed by atoms with Gasteiger partial charge in [0, 0.05) is 12.5 Å². The van der Waals surface area contributed by atoms with Crippen LogP contribution in [0, 0.1) is 32.6 Å². The van der Waals surface area contributed by atoms with Crippen LogP contribution in [0.3, 0.4) is 0 Å². The summed E-state index contributed by atoms with van der Waals surface area (Å²) < 4.78 is 42.7. The zero-order valence-corrected chi connectivity index (χ0v) is 29.0. The van der Waals surface area contributed by atoms with Gasteiger partial charge < -0.3 is 14.6 Å². The highest BCUT2D eigenvalue weighted by molar-refractivity contribution is 7.89. The van der Waals surface area contributed by atoms with E-state index in [4.69, 9.17) is 9.47 Å². The molecule has 0 aliphatic carbocycles. The molecule has 0 spiro atoms. The summed E-state index contributed by atoms with van der Waals surface area (Å²) in [6.45, 7) is 11.5. The fraction of sp³-hybridized carbons (Fsp3) is 0.359. The Morgan fingerprint density at radius 1 is 0.787 bits per heavy atom. The van der Waals surface area contributed by atoms with Gasteiger partial charge in [-0.15, -0.1) is 0 Å². The van der Waals surface area contributed by atoms with Gasteiger partial charge in [-0.25, -0.2) is 8.42 Å². The number of rotatable bonds is 15. The number of benzene rings is 4. The fourth-order valence-corrected chi connectivity index (χ4v) is 8.07. The summed E-state index contributed by atoms with van der Waals surface area (Å²) in [5, 5.41) is 11.2. The third-order valence-corrected chi connectivity index (χ3v) is 10.8. The predicted molar refractivity (Wildman–Crippen MR) is 185 cm³/mol. The maximum atomic E-state index is 14.6. The van der Waals surface area contributed by atoms with Crippen LogP contribution in [0.1, 0.15) is 60.3 Å². The fourth-order valence-electron chi connectivity index (χ4n) is 6.04. The SMILES string of the molecule is Cc1cc(C)c(S(=O)(=O)N(Cc2ccccc2)[C@@H](C)[C@H](OC(=O)[C@H](C)[C@H](O)C(C)COCc2ccccc2)c2ccccc2)c(C)c1. The molecule has 0 bridgehead atoms. The lowest BCUT2D eigenvalue weighted by atomic mass is 9.93. The third kappa shape index (κ3) is 9.17. The van der Waals surface area contributed by atoms with Crippen LogP contribution >= 0.6 is 0 Å². The van der Waals surface area contributed by atoms with E-state index < -0.39 is 40.2 Å². The van der Waals surface area contributed by atoms with Crippen molar-refractivity contribution in [1.29, 1.82) is 0 Å². The van der Waals surface area contributed by atoms with E-state index in [1.165, 1.54) is 4.31 Å². The molecule has 8 heteroatoms. The molecule has 0 heterocycles. The summed E-state index contributed by atoms with van der Waals surface area (Å²) in [7, 11) is -4.07. The lowest BCUT2D eigenvalue weighted by Gasteiger charge is -2.35. The topological polar surface area (TPSA) is 93.1 Å². The van der Waals surface area contributed by atoms with Crippen LogP contribution in [0.25, 0.3) is 0 Å². The number of aliphatic hydroxyl groups is 1. The molecule has 0 saturated heterocycles. The average Bonchev–Trinajstić information content (AvgIpc) is 3.05. The molecule has 0 amide bonds. The Bertz CT molecular complexity index is 1670. The Morgan fingerprint density at radius 3 is 1.85 bits per heavy atom. The quantitative estimate of drug-likeness (QED) is 0.135. The van der Waals surface area contributed by atoms with E-state index in [1.54, 1.807) is 27.7 Å². The van der Waals surface area contributed by atoms with E-state index in [0.29, 0.717) is 23.3 Å². The average molecular weight is 658 g/mol. The second-order valence-electron chi connectivity index (χ2n) is 12.5. The van der Waals surface area contributed by atoms with Crippen molar-refractivity contribution >= 4 is 16.0 Å². The Morgan fingerprint density at radius 2 is 1.30 bits per heavy atom. The van der Waals surface area contributed by atoms with Gasteiger partial charge in [-0.2, -0.15) is 4.31 Å². The normalized spacial score (nSPS) is 15.1. The number of carbonyl (C=O) groups excluding carboxylic acids is 1. The monoisotopic (exact) mass is 657 g/mol. The van der Waals surface area contributed by atoms with Crippen molar-refractivity contribution in [2.24, 2.45) is 11.8 Å². The minimum absolute atomic E-state index is 0.0753. The molecule has 1 unspecified atom stereocenters. The summed E-state index contributed by atoms with van der Waals surface area (Å²) in [5.41, 5.74) is 4.76. The number of sulfonamides is 1. The van der Waals surface area contributed by atoms with Crippen LogP contribution in [0.2, 0.25) is 0 Å². The zero-order chi connectivity index (χ0) is 34.1. The molecule has 1 N–H and O–H groups in total. The van der Waals surface area contributed by atoms with Crippen molar-refractivity contribution in [3.63, 3.8) is 0 Å². The summed E-state index contributed by atoms with van der Waals surface area (Å²) in [6, 6.07) is 31.2. The van der Waals surface area contributed by atoms with Gasteiger partial charge >= 0.3 is 5.97 Å². The Hall–Kier alpha value is -3.82. The Balaban J connectivity index is 1.62. The molecule has 0 fully saturated rings. The molecule has 4 rings (SSSR count). The number of hydrogen-bond donors (Lipinski definition) is 1. The first-order valence-corrected chi connectivity index (χ1v) is 17.5. The van der Waals surface area contributed by atoms with Gasteiger partial charge in [0.05, 0.1) is 36.2 Å². The lowest BCUT2D eigenvalue weighted by molar-refractivity contribution is -0.162. The van der Waals surface area contributed by atoms with Gasteiger partial charge in [-0.1, -0.05) is 116 Å². The standard InChI is InChI=1S/C39H47NO6S/c1-27-22-28(2)38(29(3)23-27)47(43,44)40(24-33-16-10-7-11-17-33)32(6)37(35-20-14-9-15-21-35)46-39(42)31(5)36(41)30(4)25-45-26-34-18-12-8-13-19-34/h7-23,30-32,36-37,41H,24-26H2,1-6H3/t30?,31-,32+,36-,37+/m1/s1. The first kappa shape index (κ1) is 36.0. The summed E-state index contributed by atoms with van der Waals surface area (Å²) >= 11 is 0. The first-order chi connectivity index (χ1) is 22.4. The van der Waals surface area contributed by atoms with Crippen LogP contribution in [0.15, 0.2) is 108 Å². The van der Waals surface area contributed by atoms with Crippen LogP contribution < -0.4 is 0 Å². The number of esters is 1. The van der Waals surface area contributed by atoms with Gasteiger partial charge in [0.1, 0.15) is 6.10 Å². The second kappa shape index (κ2) is 16.3. The van der Waals surface area contributed by atoms with E-state index in [1.807, 2.05) is 117 Å². The van der Waals surface area contributed by atoms with E-state index in [0.717, 1.165) is 16.7 Å². The van der Waals surface area contributed by atoms with Crippen LogP contribution in [0.5, 0.6) is 0 Å². The van der Waals surface area contributed by atoms with E-state index in [2.05, 4.69) is 0 Å². The maximum Gasteiger partial charge on any atom is 0.311 e. The lowest BCUT2D eigenvalue weighted by Crippen LogP contribution is -2.44. The first-order valence-electron chi connectivity index (χ1n) is 16.1. The zero-order valence-electron chi connectivity index (χ0n) is 28.2. The molecule has 0 saturated carbocycles. The molecule has 47 heavy (non-hydrogen) atoms. The van der Waals surface area contributed by atoms with Crippen molar-refractivity contribution in [3.8, 4) is 0 Å². The summed E-state index contributed by atoms with van der Waals surface area (Å²) in [6.07, 6.45) is -1.99. The van der Waals surface area contributed by atoms with Crippen LogP contribution in [0.4, 0.5) is 0 Å². The summed E-state index contributed by atoms with van der Waals surface area (Å²) in [5.74, 6) is -1.85. The van der Waals surface area contributed by atoms with Gasteiger partial charge in [0.25, 0.3) is 0 Å². The van der Waals surface area contributed by atoms with Crippen molar-refractivity contribution in [1.82, 2.24) is 4.31 Å². The van der Waals surface area contributed by atoms with Gasteiger partial charge in [-0.3, -0.25) is 4.79 Å². The molecule has 0 aromatic heterocycles. The van der Waals surface area contributed by atoms with E-state index in [-0.39, 0.29) is 24.0 Å². The number of aryl methyl sites for hydroxylation is 3. The minimum atomic E-state index is -4.07. The van der Waals surface area contributed by atoms with Crippen molar-refractivity contribution in [2.45, 2.75) is 77.8 Å². The largest absolute Gasteiger partial charge is 0.455 e. The Labute approximate surface area is 280 Å². The van der Waals surface area contributed by atoms with E-state index in [9.17, 15) is 18.3 Å².